The number of rotatable bonds is 6. The molecule has 2 N–H and O–H groups in total. The largest absolute Gasteiger partial charge is 0.393 e. The topological polar surface area (TPSA) is 74.6 Å². The van der Waals surface area contributed by atoms with Gasteiger partial charge in [0.2, 0.25) is 0 Å². The Kier molecular flexibility index (Phi) is 5.51. The third kappa shape index (κ3) is 5.23. The fourth-order valence-corrected chi connectivity index (χ4v) is 2.00. The van der Waals surface area contributed by atoms with Gasteiger partial charge in [-0.1, -0.05) is 13.8 Å². The molecular weight excluding hydrogens is 192 g/mol. The van der Waals surface area contributed by atoms with Gasteiger partial charge in [-0.05, 0) is 25.7 Å². The quantitative estimate of drug-likeness (QED) is 0.646. The summed E-state index contributed by atoms with van der Waals surface area (Å²) < 4.78 is 30.2. The first-order valence-electron chi connectivity index (χ1n) is 4.56. The lowest BCUT2D eigenvalue weighted by atomic mass is 10.1. The molecule has 0 rings (SSSR count). The van der Waals surface area contributed by atoms with Gasteiger partial charge in [0.05, 0.1) is 11.4 Å². The second-order valence-corrected chi connectivity index (χ2v) is 4.88. The molecule has 0 amide bonds. The molecule has 0 fully saturated rings. The van der Waals surface area contributed by atoms with Crippen LogP contribution in [0.1, 0.15) is 39.5 Å². The maximum Gasteiger partial charge on any atom is 0.267 e. The number of hydrogen-bond acceptors (Lipinski definition) is 3. The molecule has 0 spiro atoms. The molecule has 0 aromatic heterocycles. The van der Waals surface area contributed by atoms with E-state index in [1.54, 1.807) is 6.92 Å². The molecule has 80 valence electrons. The zero-order valence-corrected chi connectivity index (χ0v) is 8.92. The van der Waals surface area contributed by atoms with E-state index in [1.165, 1.54) is 0 Å². The van der Waals surface area contributed by atoms with Crippen LogP contribution in [0.2, 0.25) is 0 Å². The Morgan fingerprint density at radius 2 is 1.69 bits per heavy atom. The third-order valence-corrected chi connectivity index (χ3v) is 3.58. The first-order chi connectivity index (χ1) is 5.91. The van der Waals surface area contributed by atoms with Crippen LogP contribution in [0, 0.1) is 0 Å². The van der Waals surface area contributed by atoms with Crippen LogP contribution in [0.25, 0.3) is 0 Å². The molecule has 0 aliphatic heterocycles. The molecule has 0 aromatic carbocycles. The van der Waals surface area contributed by atoms with Crippen molar-refractivity contribution in [1.29, 1.82) is 0 Å². The minimum Gasteiger partial charge on any atom is -0.393 e. The van der Waals surface area contributed by atoms with Gasteiger partial charge in [0.1, 0.15) is 0 Å². The zero-order chi connectivity index (χ0) is 10.5. The maximum absolute atomic E-state index is 10.7. The third-order valence-electron chi connectivity index (χ3n) is 2.17. The Morgan fingerprint density at radius 1 is 1.15 bits per heavy atom. The van der Waals surface area contributed by atoms with Gasteiger partial charge in [0.15, 0.2) is 0 Å². The predicted molar refractivity (Wildman–Crippen MR) is 51.2 cm³/mol. The summed E-state index contributed by atoms with van der Waals surface area (Å²) in [5.74, 6) is 0. The smallest absolute Gasteiger partial charge is 0.267 e. The SMILES string of the molecule is CCC(O)CCC(CC)S(=O)(=O)O. The van der Waals surface area contributed by atoms with E-state index in [4.69, 9.17) is 4.55 Å². The summed E-state index contributed by atoms with van der Waals surface area (Å²) in [5, 5.41) is 8.46. The van der Waals surface area contributed by atoms with E-state index in [1.807, 2.05) is 6.92 Å². The highest BCUT2D eigenvalue weighted by Gasteiger charge is 2.21. The molecule has 0 saturated heterocycles. The normalized spacial score (nSPS) is 16.9. The van der Waals surface area contributed by atoms with Gasteiger partial charge in [-0.3, -0.25) is 4.55 Å². The average molecular weight is 210 g/mol. The molecule has 0 bridgehead atoms. The van der Waals surface area contributed by atoms with Crippen molar-refractivity contribution >= 4 is 10.1 Å². The predicted octanol–water partition coefficient (Wildman–Crippen LogP) is 1.20. The lowest BCUT2D eigenvalue weighted by Gasteiger charge is -2.13. The Bertz CT molecular complexity index is 222. The summed E-state index contributed by atoms with van der Waals surface area (Å²) in [6.07, 6.45) is 1.28. The fourth-order valence-electron chi connectivity index (χ4n) is 1.15. The van der Waals surface area contributed by atoms with Gasteiger partial charge >= 0.3 is 0 Å². The summed E-state index contributed by atoms with van der Waals surface area (Å²) in [5.41, 5.74) is 0. The number of aliphatic hydroxyl groups excluding tert-OH is 1. The Morgan fingerprint density at radius 3 is 2.00 bits per heavy atom. The second-order valence-electron chi connectivity index (χ2n) is 3.18. The summed E-state index contributed by atoms with van der Waals surface area (Å²) >= 11 is 0. The molecule has 4 nitrogen and oxygen atoms in total. The minimum atomic E-state index is -3.93. The number of hydrogen-bond donors (Lipinski definition) is 2. The monoisotopic (exact) mass is 210 g/mol. The molecule has 0 aliphatic carbocycles. The molecular formula is C8H18O4S. The van der Waals surface area contributed by atoms with Gasteiger partial charge in [-0.25, -0.2) is 0 Å². The molecule has 5 heteroatoms. The molecule has 0 saturated carbocycles. The van der Waals surface area contributed by atoms with Gasteiger partial charge in [-0.15, -0.1) is 0 Å². The molecule has 0 aliphatic rings. The molecule has 2 unspecified atom stereocenters. The highest BCUT2D eigenvalue weighted by atomic mass is 32.2. The van der Waals surface area contributed by atoms with E-state index < -0.39 is 21.5 Å². The Labute approximate surface area is 79.7 Å². The first-order valence-corrected chi connectivity index (χ1v) is 6.06. The summed E-state index contributed by atoms with van der Waals surface area (Å²) in [7, 11) is -3.93. The highest BCUT2D eigenvalue weighted by molar-refractivity contribution is 7.86. The van der Waals surface area contributed by atoms with Crippen LogP contribution < -0.4 is 0 Å². The van der Waals surface area contributed by atoms with Gasteiger partial charge in [-0.2, -0.15) is 8.42 Å². The van der Waals surface area contributed by atoms with Crippen molar-refractivity contribution in [3.8, 4) is 0 Å². The lowest BCUT2D eigenvalue weighted by molar-refractivity contribution is 0.156. The molecule has 0 aromatic rings. The van der Waals surface area contributed by atoms with Crippen molar-refractivity contribution < 1.29 is 18.1 Å². The zero-order valence-electron chi connectivity index (χ0n) is 8.10. The average Bonchev–Trinajstić information content (AvgIpc) is 2.02. The summed E-state index contributed by atoms with van der Waals surface area (Å²) in [6.45, 7) is 3.54. The van der Waals surface area contributed by atoms with Crippen LogP contribution >= 0.6 is 0 Å². The fraction of sp³-hybridized carbons (Fsp3) is 1.00. The van der Waals surface area contributed by atoms with E-state index in [9.17, 15) is 13.5 Å². The maximum atomic E-state index is 10.7. The van der Waals surface area contributed by atoms with Crippen LogP contribution in [0.3, 0.4) is 0 Å². The van der Waals surface area contributed by atoms with E-state index in [2.05, 4.69) is 0 Å². The van der Waals surface area contributed by atoms with E-state index in [-0.39, 0.29) is 0 Å². The summed E-state index contributed by atoms with van der Waals surface area (Å²) in [4.78, 5) is 0. The first kappa shape index (κ1) is 12.9. The van der Waals surface area contributed by atoms with Crippen LogP contribution in [-0.2, 0) is 10.1 Å². The number of aliphatic hydroxyl groups is 1. The van der Waals surface area contributed by atoms with Crippen LogP contribution in [-0.4, -0.2) is 29.4 Å². The van der Waals surface area contributed by atoms with Crippen molar-refractivity contribution in [2.24, 2.45) is 0 Å². The van der Waals surface area contributed by atoms with Crippen LogP contribution in [0.15, 0.2) is 0 Å². The molecule has 0 heterocycles. The standard InChI is InChI=1S/C8H18O4S/c1-3-7(9)5-6-8(4-2)13(10,11)12/h7-9H,3-6H2,1-2H3,(H,10,11,12). The van der Waals surface area contributed by atoms with Crippen molar-refractivity contribution in [1.82, 2.24) is 0 Å². The second kappa shape index (κ2) is 5.57. The van der Waals surface area contributed by atoms with Crippen molar-refractivity contribution in [3.05, 3.63) is 0 Å². The lowest BCUT2D eigenvalue weighted by Crippen LogP contribution is -2.21. The molecule has 13 heavy (non-hydrogen) atoms. The van der Waals surface area contributed by atoms with E-state index in [0.29, 0.717) is 25.7 Å². The van der Waals surface area contributed by atoms with Crippen molar-refractivity contribution in [2.45, 2.75) is 50.9 Å². The molecule has 0 radical (unpaired) electrons. The van der Waals surface area contributed by atoms with Gasteiger partial charge in [0, 0.05) is 0 Å². The Balaban J connectivity index is 4.01. The van der Waals surface area contributed by atoms with Crippen LogP contribution in [0.4, 0.5) is 0 Å². The van der Waals surface area contributed by atoms with E-state index in [0.717, 1.165) is 0 Å². The molecule has 2 atom stereocenters. The van der Waals surface area contributed by atoms with Gasteiger partial charge in [0.25, 0.3) is 10.1 Å². The van der Waals surface area contributed by atoms with Crippen molar-refractivity contribution in [2.75, 3.05) is 0 Å². The van der Waals surface area contributed by atoms with Crippen molar-refractivity contribution in [3.63, 3.8) is 0 Å². The highest BCUT2D eigenvalue weighted by Crippen LogP contribution is 2.13. The van der Waals surface area contributed by atoms with Gasteiger partial charge < -0.3 is 5.11 Å². The van der Waals surface area contributed by atoms with Crippen LogP contribution in [0.5, 0.6) is 0 Å². The Hall–Kier alpha value is -0.130. The van der Waals surface area contributed by atoms with E-state index >= 15 is 0 Å². The summed E-state index contributed by atoms with van der Waals surface area (Å²) in [6, 6.07) is 0. The minimum absolute atomic E-state index is 0.324.